The molecule has 0 aliphatic carbocycles. The number of anilines is 1. The normalized spacial score (nSPS) is 13.9. The van der Waals surface area contributed by atoms with Crippen LogP contribution in [0.3, 0.4) is 0 Å². The van der Waals surface area contributed by atoms with Gasteiger partial charge >= 0.3 is 5.97 Å². The molecule has 0 aromatic heterocycles. The quantitative estimate of drug-likeness (QED) is 0.336. The summed E-state index contributed by atoms with van der Waals surface area (Å²) in [6, 6.07) is 6.44. The van der Waals surface area contributed by atoms with E-state index in [4.69, 9.17) is 16.7 Å². The Hall–Kier alpha value is -3.12. The van der Waals surface area contributed by atoms with Crippen molar-refractivity contribution < 1.29 is 27.9 Å². The number of hydrogen-bond acceptors (Lipinski definition) is 8. The predicted molar refractivity (Wildman–Crippen MR) is 130 cm³/mol. The molecule has 1 fully saturated rings. The molecule has 6 N–H and O–H groups in total. The number of benzene rings is 1. The van der Waals surface area contributed by atoms with Gasteiger partial charge in [-0.15, -0.1) is 0 Å². The summed E-state index contributed by atoms with van der Waals surface area (Å²) in [7, 11) is -3.05. The molecule has 2 rings (SSSR count). The van der Waals surface area contributed by atoms with Crippen molar-refractivity contribution in [1.82, 2.24) is 10.2 Å². The van der Waals surface area contributed by atoms with Crippen molar-refractivity contribution >= 4 is 33.3 Å². The van der Waals surface area contributed by atoms with Gasteiger partial charge in [0.25, 0.3) is 5.91 Å². The average molecular weight is 488 g/mol. The number of rotatable bonds is 6. The summed E-state index contributed by atoms with van der Waals surface area (Å²) in [6.07, 6.45) is 2.98. The van der Waals surface area contributed by atoms with Crippen molar-refractivity contribution in [3.63, 3.8) is 0 Å². The van der Waals surface area contributed by atoms with Crippen LogP contribution >= 0.6 is 0 Å². The number of hydrazine groups is 1. The Bertz CT molecular complexity index is 858. The van der Waals surface area contributed by atoms with Crippen molar-refractivity contribution in [2.75, 3.05) is 36.1 Å². The third kappa shape index (κ3) is 12.5. The molecule has 1 heterocycles. The number of amides is 2. The standard InChI is InChI=1S/C15H21N5O4S.C3H6O2.C2H6.CH4/c16-5-6-20(17)13-3-1-12(2-4-13)15(22)18-11-14(21)19-7-9-25(23,24)10-8-19;1-2-3(4)5;1-2;/h1-6H,7-11,16-17H2,(H,18,22);2H2,1H3,(H,4,5);1-2H3;1H4/b6-5-;;;. The fourth-order valence-electron chi connectivity index (χ4n) is 2.30. The summed E-state index contributed by atoms with van der Waals surface area (Å²) in [6.45, 7) is 5.74. The lowest BCUT2D eigenvalue weighted by Crippen LogP contribution is -2.47. The molecule has 0 saturated carbocycles. The van der Waals surface area contributed by atoms with Crippen LogP contribution in [0, 0.1) is 0 Å². The number of nitrogens with zero attached hydrogens (tertiary/aromatic N) is 2. The van der Waals surface area contributed by atoms with Gasteiger partial charge in [-0.25, -0.2) is 14.3 Å². The van der Waals surface area contributed by atoms with Crippen LogP contribution in [0.5, 0.6) is 0 Å². The third-order valence-electron chi connectivity index (χ3n) is 4.07. The van der Waals surface area contributed by atoms with Crippen molar-refractivity contribution in [2.24, 2.45) is 11.6 Å². The fraction of sp³-hybridized carbons (Fsp3) is 0.476. The van der Waals surface area contributed by atoms with Crippen molar-refractivity contribution in [2.45, 2.75) is 34.6 Å². The number of aliphatic carboxylic acids is 1. The van der Waals surface area contributed by atoms with Crippen LogP contribution in [0.1, 0.15) is 45.0 Å². The van der Waals surface area contributed by atoms with Gasteiger partial charge in [0.2, 0.25) is 5.91 Å². The zero-order chi connectivity index (χ0) is 24.7. The molecule has 11 nitrogen and oxygen atoms in total. The van der Waals surface area contributed by atoms with E-state index in [1.54, 1.807) is 31.2 Å². The van der Waals surface area contributed by atoms with E-state index in [0.29, 0.717) is 11.3 Å². The average Bonchev–Trinajstić information content (AvgIpc) is 2.79. The maximum absolute atomic E-state index is 12.1. The van der Waals surface area contributed by atoms with Crippen molar-refractivity contribution in [3.8, 4) is 0 Å². The molecule has 0 spiro atoms. The lowest BCUT2D eigenvalue weighted by Gasteiger charge is -2.26. The molecule has 0 radical (unpaired) electrons. The highest BCUT2D eigenvalue weighted by Gasteiger charge is 2.25. The van der Waals surface area contributed by atoms with E-state index >= 15 is 0 Å². The number of carbonyl (C=O) groups is 3. The molecule has 12 heteroatoms. The van der Waals surface area contributed by atoms with Gasteiger partial charge in [-0.05, 0) is 24.3 Å². The highest BCUT2D eigenvalue weighted by atomic mass is 32.2. The monoisotopic (exact) mass is 487 g/mol. The number of carboxylic acid groups (broad SMARTS) is 1. The molecule has 188 valence electrons. The number of carboxylic acids is 1. The van der Waals surface area contributed by atoms with Crippen LogP contribution in [0.15, 0.2) is 36.7 Å². The Morgan fingerprint density at radius 3 is 2.06 bits per heavy atom. The molecule has 1 aliphatic heterocycles. The molecular weight excluding hydrogens is 450 g/mol. The number of sulfone groups is 1. The summed E-state index contributed by atoms with van der Waals surface area (Å²) < 4.78 is 22.7. The van der Waals surface area contributed by atoms with Gasteiger partial charge in [-0.1, -0.05) is 28.2 Å². The van der Waals surface area contributed by atoms with Crippen molar-refractivity contribution in [3.05, 3.63) is 42.2 Å². The molecule has 0 unspecified atom stereocenters. The van der Waals surface area contributed by atoms with Gasteiger partial charge in [0.15, 0.2) is 9.84 Å². The molecule has 0 atom stereocenters. The van der Waals surface area contributed by atoms with Crippen molar-refractivity contribution in [1.29, 1.82) is 0 Å². The minimum Gasteiger partial charge on any atom is -0.481 e. The molecule has 1 aromatic carbocycles. The van der Waals surface area contributed by atoms with Crippen LogP contribution in [0.2, 0.25) is 0 Å². The number of hydrogen-bond donors (Lipinski definition) is 4. The van der Waals surface area contributed by atoms with E-state index in [9.17, 15) is 22.8 Å². The van der Waals surface area contributed by atoms with Crippen LogP contribution in [-0.4, -0.2) is 67.3 Å². The van der Waals surface area contributed by atoms with Crippen LogP contribution in [-0.2, 0) is 19.4 Å². The zero-order valence-electron chi connectivity index (χ0n) is 18.7. The second kappa shape index (κ2) is 16.5. The predicted octanol–water partition coefficient (Wildman–Crippen LogP) is 0.927. The fourth-order valence-corrected chi connectivity index (χ4v) is 3.50. The third-order valence-corrected chi connectivity index (χ3v) is 5.68. The lowest BCUT2D eigenvalue weighted by molar-refractivity contribution is -0.136. The molecule has 1 aromatic rings. The smallest absolute Gasteiger partial charge is 0.303 e. The van der Waals surface area contributed by atoms with Gasteiger partial charge in [-0.3, -0.25) is 19.4 Å². The van der Waals surface area contributed by atoms with E-state index in [1.165, 1.54) is 22.3 Å². The lowest BCUT2D eigenvalue weighted by atomic mass is 10.2. The largest absolute Gasteiger partial charge is 0.481 e. The van der Waals surface area contributed by atoms with Gasteiger partial charge in [0.05, 0.1) is 23.7 Å². The van der Waals surface area contributed by atoms with E-state index in [1.807, 2.05) is 13.8 Å². The van der Waals surface area contributed by atoms with Gasteiger partial charge in [0, 0.05) is 37.5 Å². The molecule has 2 amide bonds. The van der Waals surface area contributed by atoms with E-state index in [0.717, 1.165) is 0 Å². The highest BCUT2D eigenvalue weighted by molar-refractivity contribution is 7.91. The van der Waals surface area contributed by atoms with Crippen LogP contribution in [0.4, 0.5) is 5.69 Å². The maximum atomic E-state index is 12.1. The Labute approximate surface area is 196 Å². The molecule has 0 bridgehead atoms. The Morgan fingerprint density at radius 2 is 1.64 bits per heavy atom. The minimum atomic E-state index is -3.05. The topological polar surface area (TPSA) is 176 Å². The first-order chi connectivity index (χ1) is 15.1. The molecule has 33 heavy (non-hydrogen) atoms. The SMILES string of the molecule is C.CC.CCC(=O)O.N/C=C\N(N)c1ccc(C(=O)NCC(=O)N2CCS(=O)(=O)CC2)cc1. The Kier molecular flexibility index (Phi) is 16.0. The van der Waals surface area contributed by atoms with E-state index < -0.39 is 21.7 Å². The zero-order valence-corrected chi connectivity index (χ0v) is 19.5. The maximum Gasteiger partial charge on any atom is 0.303 e. The first kappa shape index (κ1) is 32.1. The van der Waals surface area contributed by atoms with E-state index in [-0.39, 0.29) is 50.9 Å². The molecular formula is C21H37N5O6S. The summed E-state index contributed by atoms with van der Waals surface area (Å²) >= 11 is 0. The van der Waals surface area contributed by atoms with E-state index in [2.05, 4.69) is 5.32 Å². The van der Waals surface area contributed by atoms with Crippen LogP contribution < -0.4 is 21.9 Å². The molecule has 1 saturated heterocycles. The Morgan fingerprint density at radius 1 is 1.15 bits per heavy atom. The second-order valence-corrected chi connectivity index (χ2v) is 8.56. The number of nitrogens with two attached hydrogens (primary N) is 2. The van der Waals surface area contributed by atoms with Gasteiger partial charge in [-0.2, -0.15) is 0 Å². The second-order valence-electron chi connectivity index (χ2n) is 6.26. The van der Waals surface area contributed by atoms with Crippen LogP contribution in [0.25, 0.3) is 0 Å². The summed E-state index contributed by atoms with van der Waals surface area (Å²) in [5.74, 6) is 4.17. The van der Waals surface area contributed by atoms with Gasteiger partial charge < -0.3 is 21.1 Å². The summed E-state index contributed by atoms with van der Waals surface area (Å²) in [5, 5.41) is 11.6. The Balaban J connectivity index is 0. The summed E-state index contributed by atoms with van der Waals surface area (Å²) in [5.41, 5.74) is 6.27. The number of nitrogens with one attached hydrogen (secondary N) is 1. The number of carbonyl (C=O) groups excluding carboxylic acids is 2. The summed E-state index contributed by atoms with van der Waals surface area (Å²) in [4.78, 5) is 34.9. The first-order valence-electron chi connectivity index (χ1n) is 10.1. The minimum absolute atomic E-state index is 0. The highest BCUT2D eigenvalue weighted by Crippen LogP contribution is 2.12. The first-order valence-corrected chi connectivity index (χ1v) is 11.9. The molecule has 1 aliphatic rings. The van der Waals surface area contributed by atoms with Gasteiger partial charge in [0.1, 0.15) is 0 Å².